The zero-order valence-corrected chi connectivity index (χ0v) is 10.9. The maximum atomic E-state index is 5.75. The molecule has 0 amide bonds. The average molecular weight is 285 g/mol. The quantitative estimate of drug-likeness (QED) is 0.924. The molecule has 2 fully saturated rings. The summed E-state index contributed by atoms with van der Waals surface area (Å²) in [6.45, 7) is 4.48. The minimum absolute atomic E-state index is 0.508. The van der Waals surface area contributed by atoms with E-state index in [4.69, 9.17) is 4.42 Å². The summed E-state index contributed by atoms with van der Waals surface area (Å²) in [7, 11) is 0. The summed E-state index contributed by atoms with van der Waals surface area (Å²) < 4.78 is 6.61. The lowest BCUT2D eigenvalue weighted by molar-refractivity contribution is 0.136. The van der Waals surface area contributed by atoms with Crippen molar-refractivity contribution in [1.29, 1.82) is 0 Å². The van der Waals surface area contributed by atoms with E-state index < -0.39 is 0 Å². The van der Waals surface area contributed by atoms with Gasteiger partial charge in [-0.3, -0.25) is 4.90 Å². The molecule has 2 heterocycles. The van der Waals surface area contributed by atoms with Crippen LogP contribution in [-0.4, -0.2) is 31.1 Å². The van der Waals surface area contributed by atoms with E-state index in [-0.39, 0.29) is 0 Å². The van der Waals surface area contributed by atoms with Gasteiger partial charge in [-0.15, -0.1) is 0 Å². The molecule has 0 spiro atoms. The third-order valence-corrected chi connectivity index (χ3v) is 3.93. The highest BCUT2D eigenvalue weighted by Gasteiger charge is 2.38. The van der Waals surface area contributed by atoms with Crippen molar-refractivity contribution in [1.82, 2.24) is 10.2 Å². The molecule has 1 N–H and O–H groups in total. The Kier molecular flexibility index (Phi) is 3.05. The van der Waals surface area contributed by atoms with E-state index in [1.807, 2.05) is 6.07 Å². The normalized spacial score (nSPS) is 24.6. The van der Waals surface area contributed by atoms with Crippen molar-refractivity contribution in [3.63, 3.8) is 0 Å². The van der Waals surface area contributed by atoms with Gasteiger partial charge >= 0.3 is 0 Å². The molecule has 1 atom stereocenters. The van der Waals surface area contributed by atoms with Gasteiger partial charge in [-0.25, -0.2) is 0 Å². The highest BCUT2D eigenvalue weighted by molar-refractivity contribution is 9.10. The van der Waals surface area contributed by atoms with Crippen LogP contribution in [0.5, 0.6) is 0 Å². The number of rotatable bonds is 3. The molecule has 1 aromatic rings. The number of halogens is 1. The molecule has 0 bridgehead atoms. The molecule has 3 rings (SSSR count). The fourth-order valence-corrected chi connectivity index (χ4v) is 2.89. The molecular formula is C12H17BrN2O. The number of nitrogens with zero attached hydrogens (tertiary/aromatic N) is 1. The molecule has 3 nitrogen and oxygen atoms in total. The molecule has 2 aliphatic rings. The van der Waals surface area contributed by atoms with Crippen LogP contribution in [0.4, 0.5) is 0 Å². The van der Waals surface area contributed by atoms with Gasteiger partial charge in [-0.05, 0) is 46.8 Å². The van der Waals surface area contributed by atoms with Gasteiger partial charge in [0.25, 0.3) is 0 Å². The van der Waals surface area contributed by atoms with Gasteiger partial charge in [0.1, 0.15) is 5.76 Å². The summed E-state index contributed by atoms with van der Waals surface area (Å²) in [5.74, 6) is 1.95. The monoisotopic (exact) mass is 284 g/mol. The first-order chi connectivity index (χ1) is 7.84. The molecule has 16 heavy (non-hydrogen) atoms. The van der Waals surface area contributed by atoms with Gasteiger partial charge in [-0.2, -0.15) is 0 Å². The molecule has 1 saturated carbocycles. The number of piperazine rings is 1. The summed E-state index contributed by atoms with van der Waals surface area (Å²) in [5, 5.41) is 3.40. The summed E-state index contributed by atoms with van der Waals surface area (Å²) in [6.07, 6.45) is 2.71. The van der Waals surface area contributed by atoms with Crippen LogP contribution in [0.1, 0.15) is 24.6 Å². The van der Waals surface area contributed by atoms with Crippen LogP contribution < -0.4 is 5.32 Å². The smallest absolute Gasteiger partial charge is 0.169 e. The van der Waals surface area contributed by atoms with Crippen LogP contribution >= 0.6 is 15.9 Å². The highest BCUT2D eigenvalue weighted by atomic mass is 79.9. The standard InChI is InChI=1S/C12H17BrN2O/c13-11-4-3-10(16-11)12(9-1-2-9)15-7-5-14-6-8-15/h3-4,9,12,14H,1-2,5-8H2/t12-/m1/s1. The molecule has 4 heteroatoms. The molecule has 0 radical (unpaired) electrons. The van der Waals surface area contributed by atoms with Crippen LogP contribution in [-0.2, 0) is 0 Å². The van der Waals surface area contributed by atoms with Gasteiger partial charge in [0, 0.05) is 26.2 Å². The Morgan fingerprint density at radius 2 is 2.06 bits per heavy atom. The Morgan fingerprint density at radius 1 is 1.31 bits per heavy atom. The largest absolute Gasteiger partial charge is 0.453 e. The van der Waals surface area contributed by atoms with Crippen molar-refractivity contribution in [2.24, 2.45) is 5.92 Å². The van der Waals surface area contributed by atoms with Crippen LogP contribution in [0.3, 0.4) is 0 Å². The van der Waals surface area contributed by atoms with Crippen molar-refractivity contribution in [3.8, 4) is 0 Å². The summed E-state index contributed by atoms with van der Waals surface area (Å²) in [5.41, 5.74) is 0. The average Bonchev–Trinajstić information content (AvgIpc) is 3.04. The van der Waals surface area contributed by atoms with Crippen molar-refractivity contribution < 1.29 is 4.42 Å². The molecule has 0 unspecified atom stereocenters. The minimum Gasteiger partial charge on any atom is -0.453 e. The summed E-state index contributed by atoms with van der Waals surface area (Å²) in [4.78, 5) is 2.57. The Hall–Kier alpha value is -0.320. The van der Waals surface area contributed by atoms with E-state index in [0.29, 0.717) is 6.04 Å². The van der Waals surface area contributed by atoms with Gasteiger partial charge in [0.15, 0.2) is 4.67 Å². The van der Waals surface area contributed by atoms with Crippen LogP contribution in [0, 0.1) is 5.92 Å². The zero-order valence-electron chi connectivity index (χ0n) is 9.29. The topological polar surface area (TPSA) is 28.4 Å². The lowest BCUT2D eigenvalue weighted by atomic mass is 10.1. The maximum Gasteiger partial charge on any atom is 0.169 e. The Morgan fingerprint density at radius 3 is 2.62 bits per heavy atom. The molecule has 1 aromatic heterocycles. The summed E-state index contributed by atoms with van der Waals surface area (Å²) >= 11 is 3.40. The molecule has 1 saturated heterocycles. The van der Waals surface area contributed by atoms with Gasteiger partial charge < -0.3 is 9.73 Å². The van der Waals surface area contributed by atoms with Gasteiger partial charge in [0.2, 0.25) is 0 Å². The summed E-state index contributed by atoms with van der Waals surface area (Å²) in [6, 6.07) is 4.63. The fourth-order valence-electron chi connectivity index (χ4n) is 2.57. The second-order valence-electron chi connectivity index (χ2n) is 4.71. The van der Waals surface area contributed by atoms with Crippen molar-refractivity contribution in [2.75, 3.05) is 26.2 Å². The van der Waals surface area contributed by atoms with E-state index >= 15 is 0 Å². The van der Waals surface area contributed by atoms with E-state index in [0.717, 1.165) is 42.5 Å². The zero-order chi connectivity index (χ0) is 11.0. The lowest BCUT2D eigenvalue weighted by Gasteiger charge is -2.33. The third kappa shape index (κ3) is 2.19. The first kappa shape index (κ1) is 10.8. The van der Waals surface area contributed by atoms with E-state index in [9.17, 15) is 0 Å². The minimum atomic E-state index is 0.508. The van der Waals surface area contributed by atoms with E-state index in [1.54, 1.807) is 0 Å². The second-order valence-corrected chi connectivity index (χ2v) is 5.49. The van der Waals surface area contributed by atoms with E-state index in [1.165, 1.54) is 12.8 Å². The van der Waals surface area contributed by atoms with Crippen molar-refractivity contribution >= 4 is 15.9 Å². The van der Waals surface area contributed by atoms with Crippen LogP contribution in [0.2, 0.25) is 0 Å². The van der Waals surface area contributed by atoms with Crippen LogP contribution in [0.15, 0.2) is 21.2 Å². The van der Waals surface area contributed by atoms with Gasteiger partial charge in [0.05, 0.1) is 6.04 Å². The number of hydrogen-bond donors (Lipinski definition) is 1. The van der Waals surface area contributed by atoms with Crippen molar-refractivity contribution in [3.05, 3.63) is 22.6 Å². The van der Waals surface area contributed by atoms with Crippen molar-refractivity contribution in [2.45, 2.75) is 18.9 Å². The van der Waals surface area contributed by atoms with Crippen LogP contribution in [0.25, 0.3) is 0 Å². The molecule has 1 aliphatic carbocycles. The predicted octanol–water partition coefficient (Wildman–Crippen LogP) is 2.40. The number of hydrogen-bond acceptors (Lipinski definition) is 3. The molecule has 0 aromatic carbocycles. The molecule has 1 aliphatic heterocycles. The Bertz CT molecular complexity index is 356. The van der Waals surface area contributed by atoms with E-state index in [2.05, 4.69) is 32.2 Å². The highest BCUT2D eigenvalue weighted by Crippen LogP contribution is 2.45. The third-order valence-electron chi connectivity index (χ3n) is 3.50. The SMILES string of the molecule is Brc1ccc([C@@H](C2CC2)N2CCNCC2)o1. The first-order valence-corrected chi connectivity index (χ1v) is 6.84. The predicted molar refractivity (Wildman–Crippen MR) is 66.3 cm³/mol. The first-order valence-electron chi connectivity index (χ1n) is 6.04. The number of furan rings is 1. The Labute approximate surface area is 104 Å². The molecular weight excluding hydrogens is 268 g/mol. The maximum absolute atomic E-state index is 5.75. The lowest BCUT2D eigenvalue weighted by Crippen LogP contribution is -2.45. The molecule has 88 valence electrons. The fraction of sp³-hybridized carbons (Fsp3) is 0.667. The Balaban J connectivity index is 1.79. The number of nitrogens with one attached hydrogen (secondary N) is 1. The van der Waals surface area contributed by atoms with Gasteiger partial charge in [-0.1, -0.05) is 0 Å². The second kappa shape index (κ2) is 4.51.